The monoisotopic (exact) mass is 353 g/mol. The molecule has 1 unspecified atom stereocenters. The lowest BCUT2D eigenvalue weighted by Crippen LogP contribution is -2.17. The van der Waals surface area contributed by atoms with Crippen LogP contribution in [0.4, 0.5) is 0 Å². The van der Waals surface area contributed by atoms with Gasteiger partial charge in [0.05, 0.1) is 12.1 Å². The molecule has 2 aromatic rings. The van der Waals surface area contributed by atoms with Gasteiger partial charge in [-0.3, -0.25) is 4.90 Å². The summed E-state index contributed by atoms with van der Waals surface area (Å²) in [4.78, 5) is 2.51. The van der Waals surface area contributed by atoms with Gasteiger partial charge in [-0.15, -0.1) is 5.54 Å². The fourth-order valence-electron chi connectivity index (χ4n) is 3.09. The first kappa shape index (κ1) is 17.3. The fourth-order valence-corrected chi connectivity index (χ4v) is 3.80. The largest absolute Gasteiger partial charge is 0.272 e. The number of hydrogen-bond acceptors (Lipinski definition) is 1. The van der Waals surface area contributed by atoms with Crippen LogP contribution in [0.2, 0.25) is 24.7 Å². The number of rotatable bonds is 3. The molecule has 3 heteroatoms. The van der Waals surface area contributed by atoms with Crippen molar-refractivity contribution >= 4 is 19.7 Å². The van der Waals surface area contributed by atoms with Crippen molar-refractivity contribution in [1.82, 2.24) is 4.90 Å². The molecule has 4 atom stereocenters. The standard InChI is InChI=1S/C21H24ClNSi/c1-16(17-8-6-5-7-9-17)23-20(14-15-24(2,3)4)21(23)18-10-12-19(22)13-11-18/h5-13,16,20-21H,1-4H3/t16-,20-,21+,23?/m0/s1. The second kappa shape index (κ2) is 6.76. The average Bonchev–Trinajstić information content (AvgIpc) is 3.27. The zero-order valence-electron chi connectivity index (χ0n) is 14.8. The molecule has 3 rings (SSSR count). The maximum absolute atomic E-state index is 6.05. The second-order valence-electron chi connectivity index (χ2n) is 7.49. The van der Waals surface area contributed by atoms with Crippen molar-refractivity contribution in [3.8, 4) is 11.5 Å². The van der Waals surface area contributed by atoms with Gasteiger partial charge >= 0.3 is 0 Å². The van der Waals surface area contributed by atoms with Gasteiger partial charge in [0.1, 0.15) is 8.07 Å². The van der Waals surface area contributed by atoms with Gasteiger partial charge < -0.3 is 0 Å². The SMILES string of the molecule is C[C@@H](c1ccccc1)N1[C@H](c2ccc(Cl)cc2)[C@@H]1C#C[Si](C)(C)C. The van der Waals surface area contributed by atoms with Crippen LogP contribution in [-0.4, -0.2) is 19.0 Å². The molecule has 0 saturated carbocycles. The predicted octanol–water partition coefficient (Wildman–Crippen LogP) is 5.71. The van der Waals surface area contributed by atoms with E-state index in [0.29, 0.717) is 18.1 Å². The number of halogens is 1. The molecule has 0 radical (unpaired) electrons. The van der Waals surface area contributed by atoms with Gasteiger partial charge in [-0.2, -0.15) is 0 Å². The highest BCUT2D eigenvalue weighted by molar-refractivity contribution is 6.83. The van der Waals surface area contributed by atoms with Crippen molar-refractivity contribution in [3.05, 3.63) is 70.7 Å². The van der Waals surface area contributed by atoms with Gasteiger partial charge in [-0.05, 0) is 30.2 Å². The van der Waals surface area contributed by atoms with Crippen LogP contribution in [-0.2, 0) is 0 Å². The third kappa shape index (κ3) is 3.92. The maximum Gasteiger partial charge on any atom is 0.129 e. The van der Waals surface area contributed by atoms with Gasteiger partial charge in [-0.1, -0.05) is 79.6 Å². The van der Waals surface area contributed by atoms with Gasteiger partial charge in [-0.25, -0.2) is 0 Å². The molecule has 0 spiro atoms. The van der Waals surface area contributed by atoms with E-state index in [1.54, 1.807) is 0 Å². The highest BCUT2D eigenvalue weighted by Gasteiger charge is 2.50. The molecule has 0 aromatic heterocycles. The van der Waals surface area contributed by atoms with Crippen molar-refractivity contribution in [2.45, 2.75) is 44.7 Å². The lowest BCUT2D eigenvalue weighted by molar-refractivity contribution is 0.398. The molecule has 1 fully saturated rings. The lowest BCUT2D eigenvalue weighted by Gasteiger charge is -2.14. The highest BCUT2D eigenvalue weighted by atomic mass is 35.5. The molecule has 24 heavy (non-hydrogen) atoms. The molecule has 124 valence electrons. The highest BCUT2D eigenvalue weighted by Crippen LogP contribution is 2.49. The molecular weight excluding hydrogens is 330 g/mol. The van der Waals surface area contributed by atoms with Crippen LogP contribution in [0.5, 0.6) is 0 Å². The third-order valence-corrected chi connectivity index (χ3v) is 5.53. The predicted molar refractivity (Wildman–Crippen MR) is 106 cm³/mol. The summed E-state index contributed by atoms with van der Waals surface area (Å²) in [5, 5.41) is 0.784. The zero-order valence-corrected chi connectivity index (χ0v) is 16.5. The Morgan fingerprint density at radius 3 is 2.21 bits per heavy atom. The summed E-state index contributed by atoms with van der Waals surface area (Å²) in [7, 11) is -1.37. The molecule has 1 nitrogen and oxygen atoms in total. The minimum atomic E-state index is -1.37. The first-order valence-electron chi connectivity index (χ1n) is 8.47. The third-order valence-electron chi connectivity index (χ3n) is 4.39. The molecular formula is C21H24ClNSi. The van der Waals surface area contributed by atoms with Crippen LogP contribution in [0.25, 0.3) is 0 Å². The van der Waals surface area contributed by atoms with E-state index >= 15 is 0 Å². The van der Waals surface area contributed by atoms with Crippen molar-refractivity contribution in [2.24, 2.45) is 0 Å². The Bertz CT molecular complexity index is 752. The summed E-state index contributed by atoms with van der Waals surface area (Å²) >= 11 is 6.05. The quantitative estimate of drug-likeness (QED) is 0.388. The lowest BCUT2D eigenvalue weighted by atomic mass is 10.1. The Morgan fingerprint density at radius 2 is 1.62 bits per heavy atom. The number of hydrogen-bond donors (Lipinski definition) is 0. The van der Waals surface area contributed by atoms with E-state index in [0.717, 1.165) is 5.02 Å². The first-order valence-corrected chi connectivity index (χ1v) is 12.4. The molecule has 0 bridgehead atoms. The van der Waals surface area contributed by atoms with E-state index in [1.165, 1.54) is 11.1 Å². The summed E-state index contributed by atoms with van der Waals surface area (Å²) in [6.07, 6.45) is 0. The van der Waals surface area contributed by atoms with E-state index < -0.39 is 8.07 Å². The molecule has 0 aliphatic carbocycles. The summed E-state index contributed by atoms with van der Waals surface area (Å²) in [6.45, 7) is 9.16. The van der Waals surface area contributed by atoms with Crippen LogP contribution in [0.3, 0.4) is 0 Å². The van der Waals surface area contributed by atoms with Crippen LogP contribution < -0.4 is 0 Å². The minimum Gasteiger partial charge on any atom is -0.272 e. The zero-order chi connectivity index (χ0) is 17.3. The summed E-state index contributed by atoms with van der Waals surface area (Å²) in [6, 6.07) is 19.9. The molecule has 0 amide bonds. The van der Waals surface area contributed by atoms with Gasteiger partial charge in [0.15, 0.2) is 0 Å². The Labute approximate surface area is 151 Å². The fraction of sp³-hybridized carbons (Fsp3) is 0.333. The molecule has 1 heterocycles. The van der Waals surface area contributed by atoms with Crippen molar-refractivity contribution in [2.75, 3.05) is 0 Å². The Morgan fingerprint density at radius 1 is 1.00 bits per heavy atom. The van der Waals surface area contributed by atoms with E-state index in [-0.39, 0.29) is 0 Å². The van der Waals surface area contributed by atoms with Crippen LogP contribution >= 0.6 is 11.6 Å². The number of nitrogens with zero attached hydrogens (tertiary/aromatic N) is 1. The molecule has 2 aromatic carbocycles. The van der Waals surface area contributed by atoms with Gasteiger partial charge in [0, 0.05) is 11.1 Å². The van der Waals surface area contributed by atoms with E-state index in [2.05, 4.69) is 85.4 Å². The van der Waals surface area contributed by atoms with E-state index in [9.17, 15) is 0 Å². The molecule has 1 aliphatic rings. The van der Waals surface area contributed by atoms with Crippen LogP contribution in [0.15, 0.2) is 54.6 Å². The maximum atomic E-state index is 6.05. The Hall–Kier alpha value is -1.53. The first-order chi connectivity index (χ1) is 11.4. The Balaban J connectivity index is 1.89. The van der Waals surface area contributed by atoms with Crippen molar-refractivity contribution in [1.29, 1.82) is 0 Å². The van der Waals surface area contributed by atoms with Crippen molar-refractivity contribution in [3.63, 3.8) is 0 Å². The van der Waals surface area contributed by atoms with Crippen LogP contribution in [0.1, 0.15) is 30.1 Å². The van der Waals surface area contributed by atoms with Gasteiger partial charge in [0.2, 0.25) is 0 Å². The number of benzene rings is 2. The normalized spacial score (nSPS) is 24.0. The second-order valence-corrected chi connectivity index (χ2v) is 12.7. The summed E-state index contributed by atoms with van der Waals surface area (Å²) < 4.78 is 0. The molecule has 0 N–H and O–H groups in total. The topological polar surface area (TPSA) is 3.01 Å². The Kier molecular flexibility index (Phi) is 4.87. The summed E-state index contributed by atoms with van der Waals surface area (Å²) in [5.74, 6) is 3.57. The average molecular weight is 354 g/mol. The van der Waals surface area contributed by atoms with Crippen LogP contribution in [0, 0.1) is 11.5 Å². The van der Waals surface area contributed by atoms with E-state index in [4.69, 9.17) is 11.6 Å². The van der Waals surface area contributed by atoms with E-state index in [1.807, 2.05) is 12.1 Å². The molecule has 1 saturated heterocycles. The summed E-state index contributed by atoms with van der Waals surface area (Å²) in [5.41, 5.74) is 6.20. The molecule has 1 aliphatic heterocycles. The van der Waals surface area contributed by atoms with Crippen molar-refractivity contribution < 1.29 is 0 Å². The smallest absolute Gasteiger partial charge is 0.129 e. The van der Waals surface area contributed by atoms with Gasteiger partial charge in [0.25, 0.3) is 0 Å². The minimum absolute atomic E-state index is 0.299.